The van der Waals surface area contributed by atoms with Crippen molar-refractivity contribution >= 4 is 11.9 Å². The van der Waals surface area contributed by atoms with E-state index in [4.69, 9.17) is 9.84 Å². The van der Waals surface area contributed by atoms with Crippen LogP contribution >= 0.6 is 0 Å². The standard InChI is InChI=1S/C16H17F2NO4/c17-13-3-1-2-10(15(13)18)11-7-12(11)16(22)19-4-5-23-9(8-19)6-14(20)21/h1-3,9,11-12H,4-8H2,(H,20,21)/t9-,11+,12-/m1/s1. The van der Waals surface area contributed by atoms with Gasteiger partial charge in [-0.2, -0.15) is 0 Å². The Morgan fingerprint density at radius 3 is 2.87 bits per heavy atom. The molecular weight excluding hydrogens is 308 g/mol. The molecule has 1 aliphatic carbocycles. The van der Waals surface area contributed by atoms with Crippen molar-refractivity contribution in [2.75, 3.05) is 19.7 Å². The third-order valence-electron chi connectivity index (χ3n) is 4.34. The van der Waals surface area contributed by atoms with Crippen LogP contribution in [0.25, 0.3) is 0 Å². The lowest BCUT2D eigenvalue weighted by Gasteiger charge is -2.32. The molecule has 2 fully saturated rings. The summed E-state index contributed by atoms with van der Waals surface area (Å²) in [5, 5.41) is 8.80. The zero-order valence-corrected chi connectivity index (χ0v) is 12.4. The van der Waals surface area contributed by atoms with E-state index < -0.39 is 23.7 Å². The molecule has 1 heterocycles. The van der Waals surface area contributed by atoms with Crippen molar-refractivity contribution in [3.63, 3.8) is 0 Å². The third-order valence-corrected chi connectivity index (χ3v) is 4.34. The lowest BCUT2D eigenvalue weighted by Crippen LogP contribution is -2.47. The lowest BCUT2D eigenvalue weighted by molar-refractivity contribution is -0.148. The summed E-state index contributed by atoms with van der Waals surface area (Å²) in [5.41, 5.74) is 0.235. The van der Waals surface area contributed by atoms with Gasteiger partial charge in [0.05, 0.1) is 19.1 Å². The van der Waals surface area contributed by atoms with Gasteiger partial charge in [0.25, 0.3) is 0 Å². The normalized spacial score (nSPS) is 26.9. The van der Waals surface area contributed by atoms with E-state index in [0.29, 0.717) is 13.0 Å². The molecule has 1 aromatic carbocycles. The van der Waals surface area contributed by atoms with E-state index in [2.05, 4.69) is 0 Å². The van der Waals surface area contributed by atoms with E-state index in [-0.39, 0.29) is 42.9 Å². The van der Waals surface area contributed by atoms with Crippen LogP contribution in [0.15, 0.2) is 18.2 Å². The van der Waals surface area contributed by atoms with Gasteiger partial charge in [-0.1, -0.05) is 12.1 Å². The van der Waals surface area contributed by atoms with Gasteiger partial charge in [0.15, 0.2) is 11.6 Å². The Balaban J connectivity index is 1.63. The molecule has 124 valence electrons. The highest BCUT2D eigenvalue weighted by atomic mass is 19.2. The summed E-state index contributed by atoms with van der Waals surface area (Å²) in [6.45, 7) is 0.902. The molecule has 5 nitrogen and oxygen atoms in total. The summed E-state index contributed by atoms with van der Waals surface area (Å²) in [7, 11) is 0. The number of morpholine rings is 1. The quantitative estimate of drug-likeness (QED) is 0.916. The largest absolute Gasteiger partial charge is 0.481 e. The number of aliphatic carboxylic acids is 1. The smallest absolute Gasteiger partial charge is 0.306 e. The number of carbonyl (C=O) groups excluding carboxylic acids is 1. The molecule has 0 radical (unpaired) electrons. The molecule has 2 aliphatic rings. The summed E-state index contributed by atoms with van der Waals surface area (Å²) in [6, 6.07) is 3.99. The highest BCUT2D eigenvalue weighted by Crippen LogP contribution is 2.49. The fourth-order valence-corrected chi connectivity index (χ4v) is 3.09. The van der Waals surface area contributed by atoms with Gasteiger partial charge in [-0.3, -0.25) is 9.59 Å². The molecule has 23 heavy (non-hydrogen) atoms. The third kappa shape index (κ3) is 3.34. The molecule has 1 amide bonds. The van der Waals surface area contributed by atoms with Crippen molar-refractivity contribution < 1.29 is 28.2 Å². The van der Waals surface area contributed by atoms with Crippen molar-refractivity contribution in [3.05, 3.63) is 35.4 Å². The fourth-order valence-electron chi connectivity index (χ4n) is 3.09. The predicted octanol–water partition coefficient (Wildman–Crippen LogP) is 1.77. The van der Waals surface area contributed by atoms with Gasteiger partial charge >= 0.3 is 5.97 Å². The van der Waals surface area contributed by atoms with E-state index in [1.165, 1.54) is 12.1 Å². The number of hydrogen-bond donors (Lipinski definition) is 1. The molecule has 0 spiro atoms. The Bertz CT molecular complexity index is 637. The van der Waals surface area contributed by atoms with E-state index in [9.17, 15) is 18.4 Å². The van der Waals surface area contributed by atoms with Crippen LogP contribution in [-0.2, 0) is 14.3 Å². The van der Waals surface area contributed by atoms with Gasteiger partial charge in [-0.25, -0.2) is 8.78 Å². The van der Waals surface area contributed by atoms with Gasteiger partial charge in [-0.15, -0.1) is 0 Å². The Morgan fingerprint density at radius 1 is 1.35 bits per heavy atom. The number of amides is 1. The van der Waals surface area contributed by atoms with Crippen LogP contribution in [0.4, 0.5) is 8.78 Å². The van der Waals surface area contributed by atoms with Gasteiger partial charge in [0, 0.05) is 19.0 Å². The average molecular weight is 325 g/mol. The van der Waals surface area contributed by atoms with Gasteiger partial charge in [0.2, 0.25) is 5.91 Å². The average Bonchev–Trinajstić information content (AvgIpc) is 3.29. The number of hydrogen-bond acceptors (Lipinski definition) is 3. The number of nitrogens with zero attached hydrogens (tertiary/aromatic N) is 1. The number of carboxylic acids is 1. The minimum Gasteiger partial charge on any atom is -0.481 e. The van der Waals surface area contributed by atoms with Gasteiger partial charge in [-0.05, 0) is 24.0 Å². The van der Waals surface area contributed by atoms with Crippen LogP contribution in [0.5, 0.6) is 0 Å². The lowest BCUT2D eigenvalue weighted by atomic mass is 10.1. The van der Waals surface area contributed by atoms with Crippen LogP contribution in [0.1, 0.15) is 24.3 Å². The second kappa shape index (κ2) is 6.23. The molecule has 3 atom stereocenters. The van der Waals surface area contributed by atoms with Crippen molar-refractivity contribution in [2.24, 2.45) is 5.92 Å². The Morgan fingerprint density at radius 2 is 2.13 bits per heavy atom. The van der Waals surface area contributed by atoms with Gasteiger partial charge < -0.3 is 14.7 Å². The first-order chi connectivity index (χ1) is 11.0. The predicted molar refractivity (Wildman–Crippen MR) is 75.8 cm³/mol. The number of halogens is 2. The first-order valence-corrected chi connectivity index (χ1v) is 7.53. The molecule has 1 N–H and O–H groups in total. The highest BCUT2D eigenvalue weighted by molar-refractivity contribution is 5.83. The zero-order chi connectivity index (χ0) is 16.6. The SMILES string of the molecule is O=C(O)C[C@@H]1CN(C(=O)[C@@H]2C[C@H]2c2cccc(F)c2F)CCO1. The number of carbonyl (C=O) groups is 2. The minimum atomic E-state index is -0.976. The number of ether oxygens (including phenoxy) is 1. The van der Waals surface area contributed by atoms with Crippen LogP contribution in [0, 0.1) is 17.6 Å². The molecule has 0 aromatic heterocycles. The topological polar surface area (TPSA) is 66.8 Å². The Labute approximate surface area is 131 Å². The zero-order valence-electron chi connectivity index (χ0n) is 12.4. The summed E-state index contributed by atoms with van der Waals surface area (Å²) in [5.74, 6) is -3.59. The van der Waals surface area contributed by atoms with Gasteiger partial charge in [0.1, 0.15) is 0 Å². The summed E-state index contributed by atoms with van der Waals surface area (Å²) >= 11 is 0. The summed E-state index contributed by atoms with van der Waals surface area (Å²) in [4.78, 5) is 24.8. The monoisotopic (exact) mass is 325 g/mol. The summed E-state index contributed by atoms with van der Waals surface area (Å²) < 4.78 is 32.4. The fraction of sp³-hybridized carbons (Fsp3) is 0.500. The molecular formula is C16H17F2NO4. The molecule has 0 bridgehead atoms. The number of carboxylic acid groups (broad SMARTS) is 1. The molecule has 1 aromatic rings. The molecule has 1 aliphatic heterocycles. The molecule has 1 saturated heterocycles. The number of benzene rings is 1. The maximum absolute atomic E-state index is 13.8. The van der Waals surface area contributed by atoms with E-state index in [1.54, 1.807) is 4.90 Å². The first-order valence-electron chi connectivity index (χ1n) is 7.53. The maximum Gasteiger partial charge on any atom is 0.306 e. The molecule has 3 rings (SSSR count). The second-order valence-electron chi connectivity index (χ2n) is 5.97. The van der Waals surface area contributed by atoms with E-state index in [0.717, 1.165) is 6.07 Å². The van der Waals surface area contributed by atoms with Crippen molar-refractivity contribution in [1.29, 1.82) is 0 Å². The van der Waals surface area contributed by atoms with E-state index >= 15 is 0 Å². The molecule has 0 unspecified atom stereocenters. The molecule has 1 saturated carbocycles. The summed E-state index contributed by atoms with van der Waals surface area (Å²) in [6.07, 6.45) is -0.190. The van der Waals surface area contributed by atoms with Crippen molar-refractivity contribution in [3.8, 4) is 0 Å². The Kier molecular flexibility index (Phi) is 4.30. The van der Waals surface area contributed by atoms with Crippen molar-refractivity contribution in [1.82, 2.24) is 4.90 Å². The maximum atomic E-state index is 13.8. The molecule has 7 heteroatoms. The number of rotatable bonds is 4. The highest BCUT2D eigenvalue weighted by Gasteiger charge is 2.47. The second-order valence-corrected chi connectivity index (χ2v) is 5.97. The van der Waals surface area contributed by atoms with Crippen LogP contribution in [0.2, 0.25) is 0 Å². The van der Waals surface area contributed by atoms with Crippen molar-refractivity contribution in [2.45, 2.75) is 24.9 Å². The Hall–Kier alpha value is -2.02. The van der Waals surface area contributed by atoms with E-state index in [1.807, 2.05) is 0 Å². The van der Waals surface area contributed by atoms with Crippen LogP contribution in [0.3, 0.4) is 0 Å². The minimum absolute atomic E-state index is 0.141. The van der Waals surface area contributed by atoms with Crippen LogP contribution < -0.4 is 0 Å². The first kappa shape index (κ1) is 15.9. The van der Waals surface area contributed by atoms with Crippen LogP contribution in [-0.4, -0.2) is 47.7 Å².